The molecule has 0 bridgehead atoms. The number of piperazine rings is 1. The van der Waals surface area contributed by atoms with Gasteiger partial charge in [-0.1, -0.05) is 18.5 Å². The summed E-state index contributed by atoms with van der Waals surface area (Å²) < 4.78 is 60.4. The van der Waals surface area contributed by atoms with Crippen molar-refractivity contribution in [2.24, 2.45) is 0 Å². The van der Waals surface area contributed by atoms with E-state index < -0.39 is 40.5 Å². The quantitative estimate of drug-likeness (QED) is 0.343. The van der Waals surface area contributed by atoms with Gasteiger partial charge >= 0.3 is 0 Å². The normalized spacial score (nSPS) is 13.5. The molecule has 2 aromatic carbocycles. The molecule has 188 valence electrons. The maximum Gasteiger partial charge on any atom is 0.263 e. The first-order valence-corrected chi connectivity index (χ1v) is 11.2. The Labute approximate surface area is 209 Å². The van der Waals surface area contributed by atoms with E-state index in [1.165, 1.54) is 6.07 Å². The molecule has 2 N–H and O–H groups in total. The van der Waals surface area contributed by atoms with Crippen LogP contribution < -0.4 is 20.3 Å². The lowest BCUT2D eigenvalue weighted by Crippen LogP contribution is -2.48. The molecule has 1 aliphatic heterocycles. The van der Waals surface area contributed by atoms with Crippen LogP contribution in [0.25, 0.3) is 0 Å². The average molecular weight is 533 g/mol. The molecule has 0 saturated carbocycles. The van der Waals surface area contributed by atoms with E-state index in [0.29, 0.717) is 43.3 Å². The molecule has 0 unspecified atom stereocenters. The second kappa shape index (κ2) is 11.1. The van der Waals surface area contributed by atoms with Gasteiger partial charge in [0.1, 0.15) is 5.56 Å². The van der Waals surface area contributed by atoms with Gasteiger partial charge in [0.2, 0.25) is 17.5 Å². The van der Waals surface area contributed by atoms with Crippen molar-refractivity contribution in [2.75, 3.05) is 43.5 Å². The lowest BCUT2D eigenvalue weighted by Gasteiger charge is -2.36. The Bertz CT molecular complexity index is 1150. The van der Waals surface area contributed by atoms with E-state index in [4.69, 9.17) is 23.8 Å². The third-order valence-electron chi connectivity index (χ3n) is 5.36. The highest BCUT2D eigenvalue weighted by atomic mass is 35.5. The number of thiocarbonyl (C=S) groups is 1. The van der Waals surface area contributed by atoms with Gasteiger partial charge in [0.15, 0.2) is 22.5 Å². The van der Waals surface area contributed by atoms with Crippen LogP contribution in [0.15, 0.2) is 18.2 Å². The molecule has 1 fully saturated rings. The number of carbonyl (C=O) groups excluding carboxylic acids is 2. The summed E-state index contributed by atoms with van der Waals surface area (Å²) >= 11 is 11.4. The van der Waals surface area contributed by atoms with E-state index in [2.05, 4.69) is 10.1 Å². The molecule has 2 aromatic rings. The van der Waals surface area contributed by atoms with Gasteiger partial charge in [-0.05, 0) is 30.4 Å². The monoisotopic (exact) mass is 532 g/mol. The van der Waals surface area contributed by atoms with Crippen LogP contribution in [0.2, 0.25) is 5.02 Å². The first-order valence-electron chi connectivity index (χ1n) is 10.4. The summed E-state index contributed by atoms with van der Waals surface area (Å²) in [5.41, 5.74) is -0.417. The van der Waals surface area contributed by atoms with Crippen molar-refractivity contribution in [3.63, 3.8) is 0 Å². The van der Waals surface area contributed by atoms with Crippen LogP contribution in [0.1, 0.15) is 23.7 Å². The zero-order chi connectivity index (χ0) is 25.9. The minimum absolute atomic E-state index is 0.0886. The fourth-order valence-electron chi connectivity index (χ4n) is 3.58. The van der Waals surface area contributed by atoms with Crippen molar-refractivity contribution in [3.05, 3.63) is 52.1 Å². The zero-order valence-corrected chi connectivity index (χ0v) is 20.3. The van der Waals surface area contributed by atoms with Gasteiger partial charge in [0, 0.05) is 38.3 Å². The predicted molar refractivity (Wildman–Crippen MR) is 127 cm³/mol. The number of carbonyl (C=O) groups is 2. The van der Waals surface area contributed by atoms with Gasteiger partial charge in [-0.25, -0.2) is 8.78 Å². The van der Waals surface area contributed by atoms with Gasteiger partial charge in [0.25, 0.3) is 5.91 Å². The number of anilines is 2. The molecule has 0 spiro atoms. The maximum atomic E-state index is 14.2. The summed E-state index contributed by atoms with van der Waals surface area (Å²) in [5.74, 6) is -10.2. The van der Waals surface area contributed by atoms with Crippen LogP contribution in [0, 0.1) is 23.3 Å². The molecule has 0 radical (unpaired) electrons. The molecule has 1 aliphatic rings. The van der Waals surface area contributed by atoms with Gasteiger partial charge < -0.3 is 19.9 Å². The molecular weight excluding hydrogens is 512 g/mol. The van der Waals surface area contributed by atoms with Crippen molar-refractivity contribution >= 4 is 52.1 Å². The highest BCUT2D eigenvalue weighted by Crippen LogP contribution is 2.31. The van der Waals surface area contributed by atoms with E-state index in [9.17, 15) is 27.2 Å². The molecule has 3 rings (SSSR count). The van der Waals surface area contributed by atoms with Gasteiger partial charge in [0.05, 0.1) is 17.8 Å². The summed E-state index contributed by atoms with van der Waals surface area (Å²) in [7, 11) is 0.822. The number of halogens is 5. The SMILES string of the molecule is CCC(=O)N1CCN(c2ccc(NC(=S)NC(=O)c3c(F)c(F)c(OC)c(F)c3F)cc2Cl)CC1. The standard InChI is InChI=1S/C22H21ClF4N4O3S/c1-3-14(32)31-8-6-30(7-9-31)13-5-4-11(10-12(13)23)28-22(35)29-21(33)15-16(24)18(26)20(34-2)19(27)17(15)25/h4-5,10H,3,6-9H2,1-2H3,(H2,28,29,33,35). The topological polar surface area (TPSA) is 73.9 Å². The number of nitrogens with one attached hydrogen (secondary N) is 2. The zero-order valence-electron chi connectivity index (χ0n) is 18.7. The number of hydrogen-bond acceptors (Lipinski definition) is 5. The number of amides is 2. The third-order valence-corrected chi connectivity index (χ3v) is 5.87. The molecule has 13 heteroatoms. The smallest absolute Gasteiger partial charge is 0.263 e. The lowest BCUT2D eigenvalue weighted by molar-refractivity contribution is -0.131. The summed E-state index contributed by atoms with van der Waals surface area (Å²) in [6.07, 6.45) is 0.444. The number of hydrogen-bond donors (Lipinski definition) is 2. The molecule has 1 saturated heterocycles. The number of nitrogens with zero attached hydrogens (tertiary/aromatic N) is 2. The third kappa shape index (κ3) is 5.59. The minimum atomic E-state index is -1.92. The number of rotatable bonds is 5. The minimum Gasteiger partial charge on any atom is -0.491 e. The van der Waals surface area contributed by atoms with Crippen LogP contribution in [-0.2, 0) is 4.79 Å². The van der Waals surface area contributed by atoms with Crippen LogP contribution in [0.4, 0.5) is 28.9 Å². The summed E-state index contributed by atoms with van der Waals surface area (Å²) in [4.78, 5) is 27.9. The Balaban J connectivity index is 1.67. The van der Waals surface area contributed by atoms with Crippen LogP contribution >= 0.6 is 23.8 Å². The second-order valence-corrected chi connectivity index (χ2v) is 8.28. The van der Waals surface area contributed by atoms with E-state index >= 15 is 0 Å². The Kier molecular flexibility index (Phi) is 8.39. The first-order chi connectivity index (χ1) is 16.6. The number of benzene rings is 2. The number of methoxy groups -OCH3 is 1. The van der Waals surface area contributed by atoms with Crippen LogP contribution in [0.3, 0.4) is 0 Å². The molecule has 1 heterocycles. The molecular formula is C22H21ClF4N4O3S. The Hall–Kier alpha value is -3.12. The highest BCUT2D eigenvalue weighted by Gasteiger charge is 2.30. The fraction of sp³-hybridized carbons (Fsp3) is 0.318. The van der Waals surface area contributed by atoms with Crippen molar-refractivity contribution < 1.29 is 31.9 Å². The fourth-order valence-corrected chi connectivity index (χ4v) is 4.09. The summed E-state index contributed by atoms with van der Waals surface area (Å²) in [5, 5.41) is 4.56. The number of ether oxygens (including phenoxy) is 1. The predicted octanol–water partition coefficient (Wildman–Crippen LogP) is 4.09. The van der Waals surface area contributed by atoms with Crippen molar-refractivity contribution in [1.82, 2.24) is 10.2 Å². The maximum absolute atomic E-state index is 14.2. The van der Waals surface area contributed by atoms with Gasteiger partial charge in [-0.15, -0.1) is 0 Å². The van der Waals surface area contributed by atoms with E-state index in [1.54, 1.807) is 17.0 Å². The Morgan fingerprint density at radius 1 is 1.06 bits per heavy atom. The van der Waals surface area contributed by atoms with Gasteiger partial charge in [-0.2, -0.15) is 8.78 Å². The van der Waals surface area contributed by atoms with Crippen LogP contribution in [0.5, 0.6) is 5.75 Å². The summed E-state index contributed by atoms with van der Waals surface area (Å²) in [6, 6.07) is 4.84. The van der Waals surface area contributed by atoms with Crippen molar-refractivity contribution in [3.8, 4) is 5.75 Å². The largest absolute Gasteiger partial charge is 0.491 e. The highest BCUT2D eigenvalue weighted by molar-refractivity contribution is 7.80. The Morgan fingerprint density at radius 2 is 1.66 bits per heavy atom. The van der Waals surface area contributed by atoms with Gasteiger partial charge in [-0.3, -0.25) is 14.9 Å². The molecule has 0 atom stereocenters. The van der Waals surface area contributed by atoms with E-state index in [1.807, 2.05) is 17.1 Å². The van der Waals surface area contributed by atoms with Crippen molar-refractivity contribution in [1.29, 1.82) is 0 Å². The van der Waals surface area contributed by atoms with E-state index in [0.717, 1.165) is 12.8 Å². The molecule has 0 aliphatic carbocycles. The molecule has 35 heavy (non-hydrogen) atoms. The Morgan fingerprint density at radius 3 is 2.17 bits per heavy atom. The average Bonchev–Trinajstić information content (AvgIpc) is 2.83. The second-order valence-electron chi connectivity index (χ2n) is 7.46. The van der Waals surface area contributed by atoms with E-state index in [-0.39, 0.29) is 11.0 Å². The molecule has 7 nitrogen and oxygen atoms in total. The molecule has 0 aromatic heterocycles. The lowest BCUT2D eigenvalue weighted by atomic mass is 10.1. The first kappa shape index (κ1) is 26.5. The van der Waals surface area contributed by atoms with Crippen molar-refractivity contribution in [2.45, 2.75) is 13.3 Å². The van der Waals surface area contributed by atoms with Crippen LogP contribution in [-0.4, -0.2) is 55.1 Å². The summed E-state index contributed by atoms with van der Waals surface area (Å²) in [6.45, 7) is 4.14. The molecule has 2 amide bonds.